The first-order chi connectivity index (χ1) is 9.72. The van der Waals surface area contributed by atoms with Crippen molar-refractivity contribution in [1.29, 1.82) is 0 Å². The number of nitrogens with one attached hydrogen (secondary N) is 2. The molecule has 6 heteroatoms. The third-order valence-electron chi connectivity index (χ3n) is 3.73. The number of nitrogens with two attached hydrogens (primary N) is 1. The molecule has 1 saturated heterocycles. The Labute approximate surface area is 120 Å². The van der Waals surface area contributed by atoms with Gasteiger partial charge in [-0.25, -0.2) is 0 Å². The summed E-state index contributed by atoms with van der Waals surface area (Å²) in [6.07, 6.45) is 5.37. The van der Waals surface area contributed by atoms with Gasteiger partial charge in [0.1, 0.15) is 0 Å². The predicted octanol–water partition coefficient (Wildman–Crippen LogP) is 1.16. The molecule has 0 aromatic carbocycles. The highest BCUT2D eigenvalue weighted by atomic mass is 16.1. The molecule has 2 heterocycles. The van der Waals surface area contributed by atoms with E-state index in [1.807, 2.05) is 0 Å². The smallest absolute Gasteiger partial charge is 0.273 e. The first-order valence-electron chi connectivity index (χ1n) is 7.55. The number of nitrogens with zero attached hydrogens (tertiary/aromatic N) is 2. The van der Waals surface area contributed by atoms with E-state index in [4.69, 9.17) is 5.73 Å². The van der Waals surface area contributed by atoms with Crippen LogP contribution in [-0.4, -0.2) is 47.2 Å². The molecule has 1 aliphatic rings. The molecule has 0 bridgehead atoms. The van der Waals surface area contributed by atoms with E-state index in [0.29, 0.717) is 17.9 Å². The highest BCUT2D eigenvalue weighted by molar-refractivity contribution is 5.97. The zero-order valence-electron chi connectivity index (χ0n) is 12.2. The van der Waals surface area contributed by atoms with E-state index in [-0.39, 0.29) is 5.91 Å². The van der Waals surface area contributed by atoms with Gasteiger partial charge in [-0.05, 0) is 45.3 Å². The normalized spacial score (nSPS) is 15.7. The van der Waals surface area contributed by atoms with Crippen molar-refractivity contribution in [2.24, 2.45) is 0 Å². The van der Waals surface area contributed by atoms with Crippen molar-refractivity contribution < 1.29 is 4.79 Å². The minimum atomic E-state index is -0.178. The van der Waals surface area contributed by atoms with E-state index in [1.165, 1.54) is 25.9 Å². The summed E-state index contributed by atoms with van der Waals surface area (Å²) in [4.78, 5) is 14.4. The molecule has 0 radical (unpaired) electrons. The molecular formula is C14H25N5O. The molecule has 2 rings (SSSR count). The summed E-state index contributed by atoms with van der Waals surface area (Å²) in [6.45, 7) is 6.18. The van der Waals surface area contributed by atoms with Crippen LogP contribution < -0.4 is 11.1 Å². The van der Waals surface area contributed by atoms with Gasteiger partial charge in [-0.2, -0.15) is 5.10 Å². The zero-order chi connectivity index (χ0) is 14.4. The fourth-order valence-electron chi connectivity index (χ4n) is 2.59. The molecule has 4 N–H and O–H groups in total. The van der Waals surface area contributed by atoms with Crippen LogP contribution in [0.4, 0.5) is 5.69 Å². The molecule has 0 atom stereocenters. The van der Waals surface area contributed by atoms with Gasteiger partial charge < -0.3 is 16.0 Å². The topological polar surface area (TPSA) is 87.0 Å². The van der Waals surface area contributed by atoms with Crippen molar-refractivity contribution in [3.63, 3.8) is 0 Å². The van der Waals surface area contributed by atoms with Gasteiger partial charge in [-0.3, -0.25) is 9.89 Å². The Balaban J connectivity index is 1.73. The number of rotatable bonds is 7. The lowest BCUT2D eigenvalue weighted by Crippen LogP contribution is -2.29. The van der Waals surface area contributed by atoms with E-state index >= 15 is 0 Å². The molecule has 1 aromatic rings. The summed E-state index contributed by atoms with van der Waals surface area (Å²) in [6, 6.07) is 0. The van der Waals surface area contributed by atoms with Gasteiger partial charge in [0.2, 0.25) is 0 Å². The van der Waals surface area contributed by atoms with Gasteiger partial charge in [0.05, 0.1) is 11.4 Å². The molecule has 1 aliphatic heterocycles. The van der Waals surface area contributed by atoms with E-state index in [9.17, 15) is 4.79 Å². The lowest BCUT2D eigenvalue weighted by molar-refractivity contribution is 0.0948. The number of aromatic amines is 1. The van der Waals surface area contributed by atoms with Crippen molar-refractivity contribution in [1.82, 2.24) is 20.4 Å². The van der Waals surface area contributed by atoms with Crippen LogP contribution in [-0.2, 0) is 6.42 Å². The summed E-state index contributed by atoms with van der Waals surface area (Å²) in [5.41, 5.74) is 7.61. The van der Waals surface area contributed by atoms with Crippen LogP contribution in [0.3, 0.4) is 0 Å². The Morgan fingerprint density at radius 1 is 1.45 bits per heavy atom. The van der Waals surface area contributed by atoms with Crippen molar-refractivity contribution in [3.8, 4) is 0 Å². The molecule has 0 saturated carbocycles. The minimum absolute atomic E-state index is 0.178. The third-order valence-corrected chi connectivity index (χ3v) is 3.73. The maximum atomic E-state index is 12.0. The summed E-state index contributed by atoms with van der Waals surface area (Å²) in [7, 11) is 0. The molecular weight excluding hydrogens is 254 g/mol. The summed E-state index contributed by atoms with van der Waals surface area (Å²) in [5.74, 6) is -0.178. The number of anilines is 1. The van der Waals surface area contributed by atoms with Crippen LogP contribution in [0.1, 0.15) is 48.8 Å². The molecule has 0 aliphatic carbocycles. The first kappa shape index (κ1) is 14.8. The maximum absolute atomic E-state index is 12.0. The Bertz CT molecular complexity index is 437. The summed E-state index contributed by atoms with van der Waals surface area (Å²) < 4.78 is 0. The molecule has 112 valence electrons. The van der Waals surface area contributed by atoms with E-state index in [2.05, 4.69) is 27.3 Å². The number of amides is 1. The highest BCUT2D eigenvalue weighted by Gasteiger charge is 2.16. The molecule has 1 fully saturated rings. The van der Waals surface area contributed by atoms with E-state index < -0.39 is 0 Å². The maximum Gasteiger partial charge on any atom is 0.273 e. The van der Waals surface area contributed by atoms with Gasteiger partial charge >= 0.3 is 0 Å². The number of aromatic nitrogens is 2. The van der Waals surface area contributed by atoms with Crippen molar-refractivity contribution in [2.75, 3.05) is 31.9 Å². The van der Waals surface area contributed by atoms with Crippen LogP contribution in [0.15, 0.2) is 0 Å². The number of aryl methyl sites for hydroxylation is 1. The van der Waals surface area contributed by atoms with Crippen LogP contribution in [0.25, 0.3) is 0 Å². The quantitative estimate of drug-likeness (QED) is 0.654. The minimum Gasteiger partial charge on any atom is -0.395 e. The fourth-order valence-corrected chi connectivity index (χ4v) is 2.59. The van der Waals surface area contributed by atoms with Crippen LogP contribution in [0.2, 0.25) is 0 Å². The molecule has 0 unspecified atom stereocenters. The molecule has 0 spiro atoms. The molecule has 1 aromatic heterocycles. The number of likely N-dealkylation sites (tertiary alicyclic amines) is 1. The van der Waals surface area contributed by atoms with Crippen molar-refractivity contribution in [3.05, 3.63) is 11.4 Å². The number of H-pyrrole nitrogens is 1. The van der Waals surface area contributed by atoms with Crippen LogP contribution >= 0.6 is 0 Å². The van der Waals surface area contributed by atoms with Crippen molar-refractivity contribution >= 4 is 11.6 Å². The number of hydrogen-bond donors (Lipinski definition) is 3. The van der Waals surface area contributed by atoms with Gasteiger partial charge in [-0.15, -0.1) is 0 Å². The second kappa shape index (κ2) is 7.28. The fraction of sp³-hybridized carbons (Fsp3) is 0.714. The van der Waals surface area contributed by atoms with E-state index in [1.54, 1.807) is 0 Å². The Morgan fingerprint density at radius 2 is 2.20 bits per heavy atom. The first-order valence-corrected chi connectivity index (χ1v) is 7.55. The molecule has 6 nitrogen and oxygen atoms in total. The number of hydrogen-bond acceptors (Lipinski definition) is 4. The highest BCUT2D eigenvalue weighted by Crippen LogP contribution is 2.15. The zero-order valence-corrected chi connectivity index (χ0v) is 12.2. The number of carbonyl (C=O) groups excluding carboxylic acids is 1. The predicted molar refractivity (Wildman–Crippen MR) is 79.6 cm³/mol. The van der Waals surface area contributed by atoms with Gasteiger partial charge in [0.25, 0.3) is 5.91 Å². The average molecular weight is 279 g/mol. The monoisotopic (exact) mass is 279 g/mol. The largest absolute Gasteiger partial charge is 0.395 e. The summed E-state index contributed by atoms with van der Waals surface area (Å²) in [5, 5.41) is 9.76. The standard InChI is InChI=1S/C14H25N5O/c1-2-6-11-12(15)13(18-17-11)14(20)16-7-5-10-19-8-3-4-9-19/h2-10,15H2,1H3,(H,16,20)(H,17,18). The third kappa shape index (κ3) is 3.72. The van der Waals surface area contributed by atoms with E-state index in [0.717, 1.165) is 31.5 Å². The van der Waals surface area contributed by atoms with Crippen LogP contribution in [0, 0.1) is 0 Å². The van der Waals surface area contributed by atoms with Crippen LogP contribution in [0.5, 0.6) is 0 Å². The van der Waals surface area contributed by atoms with Gasteiger partial charge in [0, 0.05) is 6.54 Å². The molecule has 1 amide bonds. The number of carbonyl (C=O) groups is 1. The Hall–Kier alpha value is -1.56. The number of nitrogen functional groups attached to an aromatic ring is 1. The lowest BCUT2D eigenvalue weighted by atomic mass is 10.2. The van der Waals surface area contributed by atoms with Gasteiger partial charge in [-0.1, -0.05) is 13.3 Å². The lowest BCUT2D eigenvalue weighted by Gasteiger charge is -2.14. The second-order valence-electron chi connectivity index (χ2n) is 5.37. The SMILES string of the molecule is CCCc1[nH]nc(C(=O)NCCCN2CCCC2)c1N. The second-order valence-corrected chi connectivity index (χ2v) is 5.37. The summed E-state index contributed by atoms with van der Waals surface area (Å²) >= 11 is 0. The van der Waals surface area contributed by atoms with Gasteiger partial charge in [0.15, 0.2) is 5.69 Å². The Morgan fingerprint density at radius 3 is 2.90 bits per heavy atom. The van der Waals surface area contributed by atoms with Crippen molar-refractivity contribution in [2.45, 2.75) is 39.0 Å². The average Bonchev–Trinajstić information content (AvgIpc) is 3.06. The molecule has 20 heavy (non-hydrogen) atoms. The Kier molecular flexibility index (Phi) is 5.40.